The van der Waals surface area contributed by atoms with Crippen molar-refractivity contribution in [1.82, 2.24) is 18.9 Å². The van der Waals surface area contributed by atoms with E-state index in [9.17, 15) is 14.4 Å². The number of fused-ring (bicyclic) bond motifs is 2. The highest BCUT2D eigenvalue weighted by molar-refractivity contribution is 7.99. The molecule has 9 heteroatoms. The van der Waals surface area contributed by atoms with Crippen LogP contribution >= 0.6 is 11.8 Å². The van der Waals surface area contributed by atoms with E-state index in [1.807, 2.05) is 38.1 Å². The average Bonchev–Trinajstić information content (AvgIpc) is 3.16. The Hall–Kier alpha value is -3.33. The minimum atomic E-state index is -0.851. The van der Waals surface area contributed by atoms with Gasteiger partial charge < -0.3 is 5.11 Å². The molecule has 4 rings (SSSR count). The molecule has 1 N–H and O–H groups in total. The van der Waals surface area contributed by atoms with Crippen LogP contribution in [0.5, 0.6) is 0 Å². The van der Waals surface area contributed by atoms with E-state index >= 15 is 0 Å². The van der Waals surface area contributed by atoms with E-state index in [4.69, 9.17) is 10.2 Å². The van der Waals surface area contributed by atoms with Gasteiger partial charge in [0.15, 0.2) is 5.65 Å². The van der Waals surface area contributed by atoms with Gasteiger partial charge in [-0.25, -0.2) is 4.79 Å². The summed E-state index contributed by atoms with van der Waals surface area (Å²) in [6.45, 7) is 4.89. The Morgan fingerprint density at radius 2 is 1.85 bits per heavy atom. The van der Waals surface area contributed by atoms with Crippen molar-refractivity contribution in [3.63, 3.8) is 0 Å². The summed E-state index contributed by atoms with van der Waals surface area (Å²) >= 11 is 1.41. The second kappa shape index (κ2) is 9.89. The van der Waals surface area contributed by atoms with Crippen LogP contribution in [0.3, 0.4) is 0 Å². The Morgan fingerprint density at radius 1 is 1.12 bits per heavy atom. The van der Waals surface area contributed by atoms with Crippen LogP contribution in [-0.4, -0.2) is 35.7 Å². The Balaban J connectivity index is 1.89. The fraction of sp³-hybridized carbons (Fsp3) is 0.360. The molecule has 0 saturated heterocycles. The second-order valence-electron chi connectivity index (χ2n) is 8.80. The van der Waals surface area contributed by atoms with Crippen LogP contribution < -0.4 is 11.2 Å². The van der Waals surface area contributed by atoms with Crippen LogP contribution in [0, 0.1) is 5.92 Å². The molecule has 0 amide bonds. The monoisotopic (exact) mass is 480 g/mol. The molecule has 2 heterocycles. The molecule has 0 bridgehead atoms. The second-order valence-corrected chi connectivity index (χ2v) is 9.88. The van der Waals surface area contributed by atoms with E-state index in [-0.39, 0.29) is 23.6 Å². The standard InChI is InChI=1S/C25H28N4O4S/c1-16(2)14-28-22-21(23(32)27(3)25(28)33)24(34-13-7-12-20(30)31)29(26-22)15-18-10-6-9-17-8-4-5-11-19(17)18/h4-6,8-11,16H,7,12-15H2,1-3H3,(H,30,31). The van der Waals surface area contributed by atoms with Gasteiger partial charge in [0.25, 0.3) is 5.56 Å². The summed E-state index contributed by atoms with van der Waals surface area (Å²) in [7, 11) is 1.49. The number of rotatable bonds is 9. The third kappa shape index (κ3) is 4.65. The number of carbonyl (C=O) groups is 1. The minimum Gasteiger partial charge on any atom is -0.481 e. The van der Waals surface area contributed by atoms with Gasteiger partial charge in [-0.05, 0) is 28.7 Å². The molecule has 0 unspecified atom stereocenters. The van der Waals surface area contributed by atoms with Crippen LogP contribution in [-0.2, 0) is 24.9 Å². The van der Waals surface area contributed by atoms with Crippen molar-refractivity contribution < 1.29 is 9.90 Å². The molecule has 8 nitrogen and oxygen atoms in total. The van der Waals surface area contributed by atoms with E-state index in [1.165, 1.54) is 18.8 Å². The third-order valence-electron chi connectivity index (χ3n) is 5.70. The highest BCUT2D eigenvalue weighted by Gasteiger charge is 2.22. The van der Waals surface area contributed by atoms with E-state index in [2.05, 4.69) is 18.2 Å². The van der Waals surface area contributed by atoms with Crippen molar-refractivity contribution in [2.45, 2.75) is 44.8 Å². The topological polar surface area (TPSA) is 99.1 Å². The Bertz CT molecular complexity index is 1480. The largest absolute Gasteiger partial charge is 0.481 e. The summed E-state index contributed by atoms with van der Waals surface area (Å²) in [5.41, 5.74) is 0.656. The highest BCUT2D eigenvalue weighted by atomic mass is 32.2. The zero-order valence-electron chi connectivity index (χ0n) is 19.5. The van der Waals surface area contributed by atoms with Crippen molar-refractivity contribution >= 4 is 39.5 Å². The van der Waals surface area contributed by atoms with Gasteiger partial charge in [-0.3, -0.25) is 23.4 Å². The Kier molecular flexibility index (Phi) is 6.92. The molecule has 178 valence electrons. The number of hydrogen-bond acceptors (Lipinski definition) is 5. The maximum atomic E-state index is 13.2. The predicted octanol–water partition coefficient (Wildman–Crippen LogP) is 3.71. The molecule has 34 heavy (non-hydrogen) atoms. The lowest BCUT2D eigenvalue weighted by Crippen LogP contribution is -2.38. The number of aromatic nitrogens is 4. The summed E-state index contributed by atoms with van der Waals surface area (Å²) in [5.74, 6) is -0.139. The maximum absolute atomic E-state index is 13.2. The molecule has 2 aromatic carbocycles. The summed E-state index contributed by atoms with van der Waals surface area (Å²) in [4.78, 5) is 37.1. The van der Waals surface area contributed by atoms with Gasteiger partial charge in [-0.15, -0.1) is 11.8 Å². The molecular weight excluding hydrogens is 452 g/mol. The number of thioether (sulfide) groups is 1. The lowest BCUT2D eigenvalue weighted by Gasteiger charge is -2.10. The van der Waals surface area contributed by atoms with E-state index in [0.29, 0.717) is 41.3 Å². The molecule has 4 aromatic rings. The number of benzene rings is 2. The Labute approximate surface area is 200 Å². The number of hydrogen-bond donors (Lipinski definition) is 1. The lowest BCUT2D eigenvalue weighted by atomic mass is 10.0. The first kappa shape index (κ1) is 23.8. The molecule has 0 fully saturated rings. The van der Waals surface area contributed by atoms with Gasteiger partial charge in [-0.2, -0.15) is 5.10 Å². The van der Waals surface area contributed by atoms with Gasteiger partial charge >= 0.3 is 11.7 Å². The van der Waals surface area contributed by atoms with Crippen molar-refractivity contribution in [2.24, 2.45) is 13.0 Å². The van der Waals surface area contributed by atoms with Gasteiger partial charge in [0.2, 0.25) is 0 Å². The zero-order valence-corrected chi connectivity index (χ0v) is 20.3. The van der Waals surface area contributed by atoms with Crippen LogP contribution in [0.4, 0.5) is 0 Å². The minimum absolute atomic E-state index is 0.0540. The van der Waals surface area contributed by atoms with Gasteiger partial charge in [0.05, 0.1) is 6.54 Å². The van der Waals surface area contributed by atoms with Crippen molar-refractivity contribution in [3.8, 4) is 0 Å². The zero-order chi connectivity index (χ0) is 24.4. The van der Waals surface area contributed by atoms with E-state index in [0.717, 1.165) is 20.9 Å². The first-order valence-electron chi connectivity index (χ1n) is 11.3. The Morgan fingerprint density at radius 3 is 2.59 bits per heavy atom. The lowest BCUT2D eigenvalue weighted by molar-refractivity contribution is -0.137. The normalized spacial score (nSPS) is 11.6. The fourth-order valence-corrected chi connectivity index (χ4v) is 5.16. The summed E-state index contributed by atoms with van der Waals surface area (Å²) in [6.07, 6.45) is 0.519. The molecule has 0 radical (unpaired) electrons. The molecule has 0 aliphatic heterocycles. The van der Waals surface area contributed by atoms with E-state index in [1.54, 1.807) is 9.25 Å². The van der Waals surface area contributed by atoms with E-state index < -0.39 is 5.97 Å². The first-order chi connectivity index (χ1) is 16.3. The number of carboxylic acids is 1. The molecule has 0 saturated carbocycles. The fourth-order valence-electron chi connectivity index (χ4n) is 4.10. The number of carboxylic acid groups (broad SMARTS) is 1. The maximum Gasteiger partial charge on any atom is 0.332 e. The smallest absolute Gasteiger partial charge is 0.332 e. The van der Waals surface area contributed by atoms with Crippen molar-refractivity contribution in [3.05, 3.63) is 68.9 Å². The molecule has 0 aliphatic rings. The molecule has 0 spiro atoms. The molecule has 0 aliphatic carbocycles. The van der Waals surface area contributed by atoms with Gasteiger partial charge in [-0.1, -0.05) is 56.3 Å². The molecular formula is C25H28N4O4S. The van der Waals surface area contributed by atoms with Crippen LogP contribution in [0.25, 0.3) is 21.8 Å². The van der Waals surface area contributed by atoms with Crippen molar-refractivity contribution in [2.75, 3.05) is 5.75 Å². The summed E-state index contributed by atoms with van der Waals surface area (Å²) in [6, 6.07) is 14.2. The van der Waals surface area contributed by atoms with Crippen LogP contribution in [0.15, 0.2) is 57.1 Å². The van der Waals surface area contributed by atoms with Gasteiger partial charge in [0, 0.05) is 25.8 Å². The first-order valence-corrected chi connectivity index (χ1v) is 12.3. The third-order valence-corrected chi connectivity index (χ3v) is 6.88. The molecule has 0 atom stereocenters. The highest BCUT2D eigenvalue weighted by Crippen LogP contribution is 2.28. The number of aliphatic carboxylic acids is 1. The quantitative estimate of drug-likeness (QED) is 0.290. The van der Waals surface area contributed by atoms with Gasteiger partial charge in [0.1, 0.15) is 10.4 Å². The SMILES string of the molecule is CC(C)Cn1c(=O)n(C)c(=O)c2c(SCCCC(=O)O)n(Cc3cccc4ccccc34)nc21. The van der Waals surface area contributed by atoms with Crippen molar-refractivity contribution in [1.29, 1.82) is 0 Å². The van der Waals surface area contributed by atoms with Crippen LogP contribution in [0.1, 0.15) is 32.3 Å². The summed E-state index contributed by atoms with van der Waals surface area (Å²) in [5, 5.41) is 17.1. The predicted molar refractivity (Wildman–Crippen MR) is 135 cm³/mol. The average molecular weight is 481 g/mol. The van der Waals surface area contributed by atoms with Crippen LogP contribution in [0.2, 0.25) is 0 Å². The number of nitrogens with zero attached hydrogens (tertiary/aromatic N) is 4. The summed E-state index contributed by atoms with van der Waals surface area (Å²) < 4.78 is 4.49. The molecule has 2 aromatic heterocycles.